The number of hydrogen-bond acceptors (Lipinski definition) is 7. The van der Waals surface area contributed by atoms with Gasteiger partial charge in [0.2, 0.25) is 0 Å². The number of anilines is 3. The third-order valence-corrected chi connectivity index (χ3v) is 5.88. The van der Waals surface area contributed by atoms with Gasteiger partial charge in [0.25, 0.3) is 11.5 Å². The van der Waals surface area contributed by atoms with E-state index in [2.05, 4.69) is 26.0 Å². The van der Waals surface area contributed by atoms with Crippen LogP contribution in [-0.2, 0) is 11.8 Å². The van der Waals surface area contributed by atoms with Gasteiger partial charge in [0.05, 0.1) is 6.20 Å². The maximum atomic E-state index is 12.6. The van der Waals surface area contributed by atoms with E-state index in [4.69, 9.17) is 4.74 Å². The molecule has 1 saturated heterocycles. The first-order valence-electron chi connectivity index (χ1n) is 11.4. The molecule has 0 bridgehead atoms. The van der Waals surface area contributed by atoms with Crippen molar-refractivity contribution in [2.75, 3.05) is 30.9 Å². The number of fused-ring (bicyclic) bond motifs is 1. The van der Waals surface area contributed by atoms with Gasteiger partial charge in [0.1, 0.15) is 22.9 Å². The van der Waals surface area contributed by atoms with Crippen molar-refractivity contribution in [2.24, 2.45) is 7.05 Å². The van der Waals surface area contributed by atoms with Crippen LogP contribution in [0.25, 0.3) is 5.65 Å². The number of carbonyl (C=O) groups is 1. The molecule has 1 amide bonds. The van der Waals surface area contributed by atoms with Crippen molar-refractivity contribution in [3.8, 4) is 0 Å². The second-order valence-corrected chi connectivity index (χ2v) is 8.31. The largest absolute Gasteiger partial charge is 0.381 e. The quantitative estimate of drug-likeness (QED) is 0.544. The molecule has 10 heteroatoms. The minimum Gasteiger partial charge on any atom is -0.381 e. The molecule has 3 aromatic rings. The molecule has 0 radical (unpaired) electrons. The lowest BCUT2D eigenvalue weighted by Gasteiger charge is -2.26. The fourth-order valence-electron chi connectivity index (χ4n) is 3.70. The normalized spacial score (nSPS) is 15.8. The van der Waals surface area contributed by atoms with Gasteiger partial charge in [-0.15, -0.1) is 0 Å². The Morgan fingerprint density at radius 3 is 2.58 bits per heavy atom. The smallest absolute Gasteiger partial charge is 0.274 e. The SMILES string of the molecule is C1CCOCC1.CNc1cc(Nc2cccn(C)c2=O)nc2c(C(=O)NC3CCC3)cnn12. The zero-order valence-corrected chi connectivity index (χ0v) is 19.1. The van der Waals surface area contributed by atoms with Crippen LogP contribution in [0, 0.1) is 0 Å². The van der Waals surface area contributed by atoms with Crippen LogP contribution in [0.3, 0.4) is 0 Å². The van der Waals surface area contributed by atoms with Gasteiger partial charge in [-0.1, -0.05) is 0 Å². The molecule has 2 fully saturated rings. The van der Waals surface area contributed by atoms with Crippen LogP contribution >= 0.6 is 0 Å². The molecule has 0 unspecified atom stereocenters. The monoisotopic (exact) mass is 453 g/mol. The minimum atomic E-state index is -0.183. The molecule has 5 rings (SSSR count). The van der Waals surface area contributed by atoms with Crippen molar-refractivity contribution in [1.82, 2.24) is 24.5 Å². The summed E-state index contributed by atoms with van der Waals surface area (Å²) < 4.78 is 8.13. The van der Waals surface area contributed by atoms with Gasteiger partial charge in [0.15, 0.2) is 5.65 Å². The van der Waals surface area contributed by atoms with Crippen molar-refractivity contribution < 1.29 is 9.53 Å². The number of amides is 1. The summed E-state index contributed by atoms with van der Waals surface area (Å²) in [7, 11) is 3.44. The van der Waals surface area contributed by atoms with E-state index >= 15 is 0 Å². The van der Waals surface area contributed by atoms with Crippen LogP contribution in [0.4, 0.5) is 17.3 Å². The lowest BCUT2D eigenvalue weighted by molar-refractivity contribution is 0.0918. The zero-order valence-electron chi connectivity index (χ0n) is 19.1. The van der Waals surface area contributed by atoms with Gasteiger partial charge in [-0.25, -0.2) is 4.98 Å². The lowest BCUT2D eigenvalue weighted by Crippen LogP contribution is -2.39. The van der Waals surface area contributed by atoms with Crippen molar-refractivity contribution in [2.45, 2.75) is 44.6 Å². The van der Waals surface area contributed by atoms with E-state index in [1.165, 1.54) is 30.0 Å². The summed E-state index contributed by atoms with van der Waals surface area (Å²) in [4.78, 5) is 29.4. The van der Waals surface area contributed by atoms with E-state index in [0.717, 1.165) is 32.5 Å². The number of aromatic nitrogens is 4. The Bertz CT molecular complexity index is 1150. The number of aryl methyl sites for hydroxylation is 1. The molecular weight excluding hydrogens is 422 g/mol. The number of pyridine rings is 1. The summed E-state index contributed by atoms with van der Waals surface area (Å²) in [6.07, 6.45) is 10.3. The summed E-state index contributed by atoms with van der Waals surface area (Å²) >= 11 is 0. The molecule has 0 spiro atoms. The lowest BCUT2D eigenvalue weighted by atomic mass is 9.93. The van der Waals surface area contributed by atoms with Crippen LogP contribution in [0.2, 0.25) is 0 Å². The standard InChI is InChI=1S/C18H21N7O2.C5H10O/c1-19-15-9-14(22-13-7-4-8-24(2)18(13)27)23-16-12(10-20-25(15)16)17(26)21-11-5-3-6-11;1-2-4-6-5-3-1/h4,7-11,19H,3,5-6H2,1-2H3,(H,21,26)(H,22,23);1-5H2. The number of nitrogens with zero attached hydrogens (tertiary/aromatic N) is 4. The van der Waals surface area contributed by atoms with Crippen LogP contribution < -0.4 is 21.5 Å². The van der Waals surface area contributed by atoms with Crippen molar-refractivity contribution in [3.63, 3.8) is 0 Å². The summed E-state index contributed by atoms with van der Waals surface area (Å²) in [5.74, 6) is 0.920. The fraction of sp³-hybridized carbons (Fsp3) is 0.478. The van der Waals surface area contributed by atoms with E-state index < -0.39 is 0 Å². The number of rotatable bonds is 5. The summed E-state index contributed by atoms with van der Waals surface area (Å²) in [6, 6.07) is 5.43. The van der Waals surface area contributed by atoms with Crippen molar-refractivity contribution in [3.05, 3.63) is 46.5 Å². The van der Waals surface area contributed by atoms with Crippen LogP contribution in [0.1, 0.15) is 48.9 Å². The van der Waals surface area contributed by atoms with Gasteiger partial charge in [-0.3, -0.25) is 9.59 Å². The molecule has 10 nitrogen and oxygen atoms in total. The van der Waals surface area contributed by atoms with Crippen LogP contribution in [0.5, 0.6) is 0 Å². The molecule has 1 aliphatic carbocycles. The summed E-state index contributed by atoms with van der Waals surface area (Å²) in [6.45, 7) is 2.00. The molecule has 176 valence electrons. The Kier molecular flexibility index (Phi) is 7.23. The highest BCUT2D eigenvalue weighted by atomic mass is 16.5. The molecule has 33 heavy (non-hydrogen) atoms. The average molecular weight is 454 g/mol. The first-order chi connectivity index (χ1) is 16.1. The van der Waals surface area contributed by atoms with Gasteiger partial charge in [-0.05, 0) is 50.7 Å². The first kappa shape index (κ1) is 22.8. The molecule has 0 aromatic carbocycles. The summed E-state index contributed by atoms with van der Waals surface area (Å²) in [5.41, 5.74) is 1.07. The number of ether oxygens (including phenoxy) is 1. The number of hydrogen-bond donors (Lipinski definition) is 3. The second kappa shape index (κ2) is 10.5. The fourth-order valence-corrected chi connectivity index (χ4v) is 3.70. The Hall–Kier alpha value is -3.40. The van der Waals surface area contributed by atoms with E-state index in [9.17, 15) is 9.59 Å². The zero-order chi connectivity index (χ0) is 23.2. The van der Waals surface area contributed by atoms with E-state index in [1.807, 2.05) is 0 Å². The predicted octanol–water partition coefficient (Wildman–Crippen LogP) is 2.68. The highest BCUT2D eigenvalue weighted by Crippen LogP contribution is 2.22. The molecular formula is C23H31N7O3. The van der Waals surface area contributed by atoms with Crippen molar-refractivity contribution in [1.29, 1.82) is 0 Å². The molecule has 3 N–H and O–H groups in total. The van der Waals surface area contributed by atoms with Gasteiger partial charge >= 0.3 is 0 Å². The highest BCUT2D eigenvalue weighted by molar-refractivity contribution is 6.00. The topological polar surface area (TPSA) is 115 Å². The van der Waals surface area contributed by atoms with E-state index in [0.29, 0.717) is 28.5 Å². The molecule has 3 aromatic heterocycles. The highest BCUT2D eigenvalue weighted by Gasteiger charge is 2.23. The van der Waals surface area contributed by atoms with Crippen LogP contribution in [-0.4, -0.2) is 51.4 Å². The number of carbonyl (C=O) groups excluding carboxylic acids is 1. The molecule has 2 aliphatic rings. The Balaban J connectivity index is 0.000000376. The maximum absolute atomic E-state index is 12.6. The maximum Gasteiger partial charge on any atom is 0.274 e. The Labute approximate surface area is 192 Å². The Morgan fingerprint density at radius 2 is 1.97 bits per heavy atom. The molecule has 0 atom stereocenters. The average Bonchev–Trinajstić information content (AvgIpc) is 3.24. The summed E-state index contributed by atoms with van der Waals surface area (Å²) in [5, 5.41) is 13.4. The molecule has 1 saturated carbocycles. The predicted molar refractivity (Wildman–Crippen MR) is 127 cm³/mol. The van der Waals surface area contributed by atoms with Gasteiger partial charge in [0, 0.05) is 45.6 Å². The first-order valence-corrected chi connectivity index (χ1v) is 11.4. The second-order valence-electron chi connectivity index (χ2n) is 8.31. The van der Waals surface area contributed by atoms with Gasteiger partial charge in [-0.2, -0.15) is 9.61 Å². The third kappa shape index (κ3) is 5.33. The van der Waals surface area contributed by atoms with Crippen molar-refractivity contribution >= 4 is 28.9 Å². The molecule has 1 aliphatic heterocycles. The van der Waals surface area contributed by atoms with E-state index in [-0.39, 0.29) is 17.5 Å². The molecule has 4 heterocycles. The van der Waals surface area contributed by atoms with Gasteiger partial charge < -0.3 is 25.3 Å². The Morgan fingerprint density at radius 1 is 1.18 bits per heavy atom. The minimum absolute atomic E-state index is 0.165. The van der Waals surface area contributed by atoms with Crippen LogP contribution in [0.15, 0.2) is 35.4 Å². The number of nitrogens with one attached hydrogen (secondary N) is 3. The third-order valence-electron chi connectivity index (χ3n) is 5.88. The van der Waals surface area contributed by atoms with E-state index in [1.54, 1.807) is 43.0 Å².